The molecule has 1 aliphatic heterocycles. The summed E-state index contributed by atoms with van der Waals surface area (Å²) in [7, 11) is -2.59. The second-order valence-corrected chi connectivity index (χ2v) is 8.23. The number of nitrogens with zero attached hydrogens (tertiary/aromatic N) is 1. The van der Waals surface area contributed by atoms with Crippen molar-refractivity contribution in [2.24, 2.45) is 0 Å². The summed E-state index contributed by atoms with van der Waals surface area (Å²) in [5.41, 5.74) is 0.0518. The number of methoxy groups -OCH3 is 1. The Labute approximate surface area is 172 Å². The predicted molar refractivity (Wildman–Crippen MR) is 105 cm³/mol. The van der Waals surface area contributed by atoms with Gasteiger partial charge in [-0.25, -0.2) is 12.8 Å². The van der Waals surface area contributed by atoms with Crippen LogP contribution in [0.5, 0.6) is 11.5 Å². The van der Waals surface area contributed by atoms with Crippen LogP contribution in [0.2, 0.25) is 0 Å². The molecule has 0 unspecified atom stereocenters. The molecule has 0 spiro atoms. The van der Waals surface area contributed by atoms with Gasteiger partial charge in [-0.3, -0.25) is 0 Å². The van der Waals surface area contributed by atoms with E-state index < -0.39 is 15.7 Å². The third-order valence-corrected chi connectivity index (χ3v) is 6.03. The highest BCUT2D eigenvalue weighted by atomic mass is 32.2. The highest BCUT2D eigenvalue weighted by Crippen LogP contribution is 2.37. The van der Waals surface area contributed by atoms with Crippen molar-refractivity contribution in [3.63, 3.8) is 0 Å². The van der Waals surface area contributed by atoms with Crippen LogP contribution in [0.1, 0.15) is 0 Å². The third-order valence-electron chi connectivity index (χ3n) is 4.37. The fourth-order valence-corrected chi connectivity index (χ4v) is 4.21. The molecule has 2 aromatic carbocycles. The van der Waals surface area contributed by atoms with E-state index in [4.69, 9.17) is 18.6 Å². The number of benzene rings is 2. The molecule has 0 radical (unpaired) electrons. The van der Waals surface area contributed by atoms with Crippen molar-refractivity contribution in [2.45, 2.75) is 9.92 Å². The minimum absolute atomic E-state index is 0.0464. The van der Waals surface area contributed by atoms with Gasteiger partial charge in [0.15, 0.2) is 11.5 Å². The van der Waals surface area contributed by atoms with E-state index in [9.17, 15) is 12.8 Å². The van der Waals surface area contributed by atoms with Gasteiger partial charge in [0.25, 0.3) is 0 Å². The number of hydrogen-bond donors (Lipinski definition) is 1. The van der Waals surface area contributed by atoms with Crippen molar-refractivity contribution >= 4 is 15.7 Å². The van der Waals surface area contributed by atoms with E-state index in [-0.39, 0.29) is 33.8 Å². The molecule has 0 aliphatic carbocycles. The summed E-state index contributed by atoms with van der Waals surface area (Å²) in [5.74, 6) is -0.0327. The lowest BCUT2D eigenvalue weighted by molar-refractivity contribution is 0.171. The molecule has 0 saturated heterocycles. The van der Waals surface area contributed by atoms with Gasteiger partial charge in [0.1, 0.15) is 19.0 Å². The second-order valence-electron chi connectivity index (χ2n) is 6.36. The third kappa shape index (κ3) is 3.83. The van der Waals surface area contributed by atoms with Gasteiger partial charge in [-0.2, -0.15) is 4.98 Å². The molecule has 10 heteroatoms. The first-order valence-electron chi connectivity index (χ1n) is 9.14. The molecule has 0 atom stereocenters. The van der Waals surface area contributed by atoms with Gasteiger partial charge in [0.05, 0.1) is 17.1 Å². The van der Waals surface area contributed by atoms with E-state index in [1.807, 2.05) is 0 Å². The van der Waals surface area contributed by atoms with Crippen LogP contribution < -0.4 is 14.8 Å². The number of oxazole rings is 1. The molecule has 1 N–H and O–H groups in total. The molecule has 0 saturated carbocycles. The first-order valence-corrected chi connectivity index (χ1v) is 10.6. The van der Waals surface area contributed by atoms with E-state index in [0.717, 1.165) is 0 Å². The maximum absolute atomic E-state index is 14.2. The van der Waals surface area contributed by atoms with Gasteiger partial charge in [-0.1, -0.05) is 12.1 Å². The molecule has 3 aromatic rings. The smallest absolute Gasteiger partial charge is 0.233 e. The van der Waals surface area contributed by atoms with Crippen LogP contribution in [-0.2, 0) is 14.6 Å². The van der Waals surface area contributed by atoms with Crippen molar-refractivity contribution < 1.29 is 31.4 Å². The lowest BCUT2D eigenvalue weighted by Crippen LogP contribution is -2.16. The molecule has 30 heavy (non-hydrogen) atoms. The lowest BCUT2D eigenvalue weighted by Gasteiger charge is -2.18. The summed E-state index contributed by atoms with van der Waals surface area (Å²) < 4.78 is 62.3. The van der Waals surface area contributed by atoms with E-state index in [1.54, 1.807) is 6.07 Å². The maximum atomic E-state index is 14.2. The summed E-state index contributed by atoms with van der Waals surface area (Å²) in [6.45, 7) is 1.29. The zero-order chi connectivity index (χ0) is 21.1. The number of halogens is 1. The van der Waals surface area contributed by atoms with Crippen molar-refractivity contribution in [1.29, 1.82) is 0 Å². The maximum Gasteiger partial charge on any atom is 0.233 e. The van der Waals surface area contributed by atoms with Crippen LogP contribution in [0.3, 0.4) is 0 Å². The zero-order valence-corrected chi connectivity index (χ0v) is 16.9. The van der Waals surface area contributed by atoms with Gasteiger partial charge in [-0.05, 0) is 24.3 Å². The summed E-state index contributed by atoms with van der Waals surface area (Å²) in [5, 5.41) is 2.50. The number of aromatic nitrogens is 1. The Bertz CT molecular complexity index is 1160. The van der Waals surface area contributed by atoms with E-state index in [0.29, 0.717) is 31.3 Å². The van der Waals surface area contributed by atoms with E-state index in [2.05, 4.69) is 10.3 Å². The molecular weight excluding hydrogens is 415 g/mol. The Kier molecular flexibility index (Phi) is 5.60. The van der Waals surface area contributed by atoms with Crippen molar-refractivity contribution in [3.05, 3.63) is 48.3 Å². The van der Waals surface area contributed by atoms with E-state index >= 15 is 0 Å². The number of anilines is 1. The first kappa shape index (κ1) is 20.2. The number of fused-ring (bicyclic) bond motifs is 1. The number of ether oxygens (including phenoxy) is 3. The predicted octanol–water partition coefficient (Wildman–Crippen LogP) is 3.14. The number of hydrogen-bond acceptors (Lipinski definition) is 8. The monoisotopic (exact) mass is 434 g/mol. The molecular formula is C20H19FN2O6S. The van der Waals surface area contributed by atoms with Gasteiger partial charge in [-0.15, -0.1) is 0 Å². The zero-order valence-electron chi connectivity index (χ0n) is 16.1. The summed E-state index contributed by atoms with van der Waals surface area (Å²) in [6, 6.07) is 10.1. The van der Waals surface area contributed by atoms with Gasteiger partial charge in [0.2, 0.25) is 26.6 Å². The highest BCUT2D eigenvalue weighted by Gasteiger charge is 2.30. The van der Waals surface area contributed by atoms with Crippen LogP contribution in [-0.4, -0.2) is 46.9 Å². The summed E-state index contributed by atoms with van der Waals surface area (Å²) in [4.78, 5) is 4.06. The topological polar surface area (TPSA) is 99.9 Å². The molecule has 8 nitrogen and oxygen atoms in total. The average Bonchev–Trinajstić information content (AvgIpc) is 3.18. The largest absolute Gasteiger partial charge is 0.486 e. The lowest BCUT2D eigenvalue weighted by atomic mass is 10.2. The van der Waals surface area contributed by atoms with E-state index in [1.165, 1.54) is 43.5 Å². The van der Waals surface area contributed by atoms with Crippen LogP contribution in [0, 0.1) is 5.82 Å². The fraction of sp³-hybridized carbons (Fsp3) is 0.250. The molecule has 4 rings (SSSR count). The highest BCUT2D eigenvalue weighted by molar-refractivity contribution is 7.91. The van der Waals surface area contributed by atoms with Gasteiger partial charge < -0.3 is 23.9 Å². The average molecular weight is 434 g/mol. The van der Waals surface area contributed by atoms with Crippen molar-refractivity contribution in [1.82, 2.24) is 4.98 Å². The molecule has 158 valence electrons. The Morgan fingerprint density at radius 2 is 1.90 bits per heavy atom. The Morgan fingerprint density at radius 1 is 1.13 bits per heavy atom. The van der Waals surface area contributed by atoms with Gasteiger partial charge in [0, 0.05) is 19.7 Å². The number of rotatable bonds is 7. The number of nitrogens with one attached hydrogen (secondary N) is 1. The van der Waals surface area contributed by atoms with Crippen LogP contribution in [0.15, 0.2) is 56.8 Å². The van der Waals surface area contributed by atoms with Crippen molar-refractivity contribution in [3.8, 4) is 23.0 Å². The molecule has 0 fully saturated rings. The summed E-state index contributed by atoms with van der Waals surface area (Å²) >= 11 is 0. The van der Waals surface area contributed by atoms with Gasteiger partial charge >= 0.3 is 0 Å². The second kappa shape index (κ2) is 8.33. The molecule has 1 aliphatic rings. The SMILES string of the molecule is COCCNc1oc(-c2ccccc2F)nc1S(=O)(=O)c1ccc2c(c1)OCCO2. The van der Waals surface area contributed by atoms with Crippen LogP contribution >= 0.6 is 0 Å². The molecule has 2 heterocycles. The fourth-order valence-electron chi connectivity index (χ4n) is 2.92. The molecule has 0 bridgehead atoms. The van der Waals surface area contributed by atoms with Crippen molar-refractivity contribution in [2.75, 3.05) is 38.8 Å². The quantitative estimate of drug-likeness (QED) is 0.566. The Balaban J connectivity index is 1.78. The molecule has 0 amide bonds. The first-order chi connectivity index (χ1) is 14.5. The standard InChI is InChI=1S/C20H19FN2O6S/c1-26-9-8-22-19-20(23-18(29-19)14-4-2-3-5-15(14)21)30(24,25)13-6-7-16-17(12-13)28-11-10-27-16/h2-7,12,22H,8-11H2,1H3. The van der Waals surface area contributed by atoms with Crippen LogP contribution in [0.25, 0.3) is 11.5 Å². The summed E-state index contributed by atoms with van der Waals surface area (Å²) in [6.07, 6.45) is 0. The Hall–Kier alpha value is -3.11. The Morgan fingerprint density at radius 3 is 2.67 bits per heavy atom. The molecule has 1 aromatic heterocycles. The number of sulfone groups is 1. The minimum Gasteiger partial charge on any atom is -0.486 e. The minimum atomic E-state index is -4.11. The normalized spacial score (nSPS) is 13.3. The van der Waals surface area contributed by atoms with Crippen LogP contribution in [0.4, 0.5) is 10.3 Å².